The van der Waals surface area contributed by atoms with Crippen molar-refractivity contribution < 1.29 is 23.7 Å². The highest BCUT2D eigenvalue weighted by Gasteiger charge is 2.32. The highest BCUT2D eigenvalue weighted by Crippen LogP contribution is 2.26. The summed E-state index contributed by atoms with van der Waals surface area (Å²) in [6.45, 7) is 4.31. The van der Waals surface area contributed by atoms with Crippen molar-refractivity contribution in [2.75, 3.05) is 38.4 Å². The van der Waals surface area contributed by atoms with Crippen LogP contribution in [0.3, 0.4) is 0 Å². The van der Waals surface area contributed by atoms with Gasteiger partial charge < -0.3 is 18.9 Å². The van der Waals surface area contributed by atoms with Crippen LogP contribution in [0.1, 0.15) is 25.3 Å². The molecule has 6 heteroatoms. The predicted molar refractivity (Wildman–Crippen MR) is 89.2 cm³/mol. The van der Waals surface area contributed by atoms with Gasteiger partial charge in [-0.1, -0.05) is 12.1 Å². The average molecular weight is 335 g/mol. The highest BCUT2D eigenvalue weighted by molar-refractivity contribution is 5.89. The van der Waals surface area contributed by atoms with Crippen LogP contribution >= 0.6 is 0 Å². The van der Waals surface area contributed by atoms with E-state index in [9.17, 15) is 4.79 Å². The molecule has 2 aliphatic rings. The van der Waals surface area contributed by atoms with Gasteiger partial charge in [0, 0.05) is 19.2 Å². The van der Waals surface area contributed by atoms with Gasteiger partial charge in [0.05, 0.1) is 26.4 Å². The van der Waals surface area contributed by atoms with Crippen molar-refractivity contribution in [3.05, 3.63) is 29.8 Å². The third-order valence-corrected chi connectivity index (χ3v) is 4.47. The van der Waals surface area contributed by atoms with Gasteiger partial charge in [-0.15, -0.1) is 0 Å². The second kappa shape index (κ2) is 7.51. The summed E-state index contributed by atoms with van der Waals surface area (Å²) in [6, 6.07) is 8.06. The van der Waals surface area contributed by atoms with Crippen LogP contribution in [0.25, 0.3) is 0 Å². The lowest BCUT2D eigenvalue weighted by Gasteiger charge is -2.22. The van der Waals surface area contributed by atoms with Crippen molar-refractivity contribution in [3.63, 3.8) is 0 Å². The highest BCUT2D eigenvalue weighted by atomic mass is 16.7. The Bertz CT molecular complexity index is 553. The monoisotopic (exact) mass is 335 g/mol. The summed E-state index contributed by atoms with van der Waals surface area (Å²) < 4.78 is 21.5. The molecule has 6 nitrogen and oxygen atoms in total. The number of hydrogen-bond donors (Lipinski definition) is 0. The van der Waals surface area contributed by atoms with Gasteiger partial charge >= 0.3 is 6.09 Å². The van der Waals surface area contributed by atoms with Gasteiger partial charge in [0.25, 0.3) is 0 Å². The fourth-order valence-corrected chi connectivity index (χ4v) is 3.16. The molecule has 3 rings (SSSR count). The molecule has 1 atom stereocenters. The quantitative estimate of drug-likeness (QED) is 0.767. The van der Waals surface area contributed by atoms with Crippen molar-refractivity contribution >= 4 is 11.8 Å². The SMILES string of the molecule is COC[C@H]1CN(c2ccc(CCCC3(C)OCCO3)cc2)C(=O)O1. The Morgan fingerprint density at radius 3 is 2.62 bits per heavy atom. The lowest BCUT2D eigenvalue weighted by atomic mass is 10.0. The number of nitrogens with zero attached hydrogens (tertiary/aromatic N) is 1. The number of anilines is 1. The molecule has 24 heavy (non-hydrogen) atoms. The largest absolute Gasteiger partial charge is 0.441 e. The minimum absolute atomic E-state index is 0.200. The maximum atomic E-state index is 11.9. The van der Waals surface area contributed by atoms with Crippen molar-refractivity contribution in [1.29, 1.82) is 0 Å². The molecule has 2 aliphatic heterocycles. The Morgan fingerprint density at radius 1 is 1.25 bits per heavy atom. The fraction of sp³-hybridized carbons (Fsp3) is 0.611. The zero-order chi connectivity index (χ0) is 17.0. The number of cyclic esters (lactones) is 1. The second-order valence-electron chi connectivity index (χ2n) is 6.42. The van der Waals surface area contributed by atoms with Crippen LogP contribution in [0.15, 0.2) is 24.3 Å². The molecule has 2 heterocycles. The van der Waals surface area contributed by atoms with E-state index in [1.54, 1.807) is 12.0 Å². The van der Waals surface area contributed by atoms with Gasteiger partial charge in [-0.3, -0.25) is 4.90 Å². The summed E-state index contributed by atoms with van der Waals surface area (Å²) in [4.78, 5) is 13.6. The van der Waals surface area contributed by atoms with Gasteiger partial charge in [-0.05, 0) is 37.5 Å². The number of ether oxygens (including phenoxy) is 4. The minimum atomic E-state index is -0.421. The third kappa shape index (κ3) is 4.06. The van der Waals surface area contributed by atoms with Gasteiger partial charge in [-0.2, -0.15) is 0 Å². The van der Waals surface area contributed by atoms with E-state index in [1.165, 1.54) is 5.56 Å². The zero-order valence-corrected chi connectivity index (χ0v) is 14.3. The molecule has 0 spiro atoms. The standard InChI is InChI=1S/C18H25NO5/c1-18(22-10-11-23-18)9-3-4-14-5-7-15(8-6-14)19-12-16(13-21-2)24-17(19)20/h5-8,16H,3-4,9-13H2,1-2H3/t16-/m1/s1. The molecule has 0 radical (unpaired) electrons. The molecule has 132 valence electrons. The normalized spacial score (nSPS) is 22.8. The van der Waals surface area contributed by atoms with Gasteiger partial charge in [-0.25, -0.2) is 4.79 Å². The van der Waals surface area contributed by atoms with Gasteiger partial charge in [0.2, 0.25) is 0 Å². The van der Waals surface area contributed by atoms with E-state index in [4.69, 9.17) is 18.9 Å². The molecule has 1 aromatic rings. The predicted octanol–water partition coefficient (Wildman–Crippen LogP) is 2.74. The number of carbonyl (C=O) groups excluding carboxylic acids is 1. The maximum Gasteiger partial charge on any atom is 0.414 e. The van der Waals surface area contributed by atoms with Crippen molar-refractivity contribution in [2.24, 2.45) is 0 Å². The smallest absolute Gasteiger partial charge is 0.414 e. The van der Waals surface area contributed by atoms with Crippen LogP contribution in [-0.2, 0) is 25.4 Å². The van der Waals surface area contributed by atoms with Gasteiger partial charge in [0.1, 0.15) is 6.10 Å². The zero-order valence-electron chi connectivity index (χ0n) is 14.3. The number of methoxy groups -OCH3 is 1. The van der Waals surface area contributed by atoms with E-state index < -0.39 is 5.79 Å². The second-order valence-corrected chi connectivity index (χ2v) is 6.42. The van der Waals surface area contributed by atoms with Gasteiger partial charge in [0.15, 0.2) is 5.79 Å². The maximum absolute atomic E-state index is 11.9. The first kappa shape index (κ1) is 17.2. The summed E-state index contributed by atoms with van der Waals surface area (Å²) >= 11 is 0. The Balaban J connectivity index is 1.51. The van der Waals surface area contributed by atoms with Crippen LogP contribution in [0, 0.1) is 0 Å². The molecule has 1 aromatic carbocycles. The summed E-state index contributed by atoms with van der Waals surface area (Å²) in [5, 5.41) is 0. The molecule has 0 aliphatic carbocycles. The summed E-state index contributed by atoms with van der Waals surface area (Å²) in [5.74, 6) is -0.421. The topological polar surface area (TPSA) is 57.2 Å². The number of carbonyl (C=O) groups is 1. The number of rotatable bonds is 7. The molecular weight excluding hydrogens is 310 g/mol. The number of aryl methyl sites for hydroxylation is 1. The molecule has 0 bridgehead atoms. The summed E-state index contributed by atoms with van der Waals surface area (Å²) in [6.07, 6.45) is 2.32. The Labute approximate surface area is 142 Å². The van der Waals surface area contributed by atoms with Crippen LogP contribution in [-0.4, -0.2) is 51.5 Å². The fourth-order valence-electron chi connectivity index (χ4n) is 3.16. The van der Waals surface area contributed by atoms with Crippen molar-refractivity contribution in [3.8, 4) is 0 Å². The van der Waals surface area contributed by atoms with E-state index >= 15 is 0 Å². The molecule has 0 saturated carbocycles. The average Bonchev–Trinajstić information content (AvgIpc) is 3.15. The third-order valence-electron chi connectivity index (χ3n) is 4.47. The van der Waals surface area contributed by atoms with Crippen LogP contribution in [0.4, 0.5) is 10.5 Å². The van der Waals surface area contributed by atoms with Crippen molar-refractivity contribution in [2.45, 2.75) is 38.1 Å². The molecule has 1 amide bonds. The molecule has 2 fully saturated rings. The molecule has 2 saturated heterocycles. The first-order valence-corrected chi connectivity index (χ1v) is 8.43. The Hall–Kier alpha value is -1.63. The van der Waals surface area contributed by atoms with Crippen LogP contribution in [0.5, 0.6) is 0 Å². The van der Waals surface area contributed by atoms with E-state index in [0.29, 0.717) is 26.4 Å². The Morgan fingerprint density at radius 2 is 1.96 bits per heavy atom. The van der Waals surface area contributed by atoms with E-state index in [-0.39, 0.29) is 12.2 Å². The molecule has 0 aromatic heterocycles. The lowest BCUT2D eigenvalue weighted by Crippen LogP contribution is -2.25. The molecular formula is C18H25NO5. The molecule has 0 unspecified atom stereocenters. The summed E-state index contributed by atoms with van der Waals surface area (Å²) in [5.41, 5.74) is 2.10. The number of amides is 1. The number of benzene rings is 1. The number of hydrogen-bond acceptors (Lipinski definition) is 5. The van der Waals surface area contributed by atoms with E-state index in [1.807, 2.05) is 19.1 Å². The minimum Gasteiger partial charge on any atom is -0.441 e. The van der Waals surface area contributed by atoms with E-state index in [0.717, 1.165) is 24.9 Å². The molecule has 0 N–H and O–H groups in total. The van der Waals surface area contributed by atoms with Crippen LogP contribution in [0.2, 0.25) is 0 Å². The van der Waals surface area contributed by atoms with E-state index in [2.05, 4.69) is 12.1 Å². The van der Waals surface area contributed by atoms with Crippen molar-refractivity contribution in [1.82, 2.24) is 0 Å². The lowest BCUT2D eigenvalue weighted by molar-refractivity contribution is -0.147. The Kier molecular flexibility index (Phi) is 5.38. The first-order chi connectivity index (χ1) is 11.6. The van der Waals surface area contributed by atoms with Crippen LogP contribution < -0.4 is 4.90 Å². The summed E-state index contributed by atoms with van der Waals surface area (Å²) in [7, 11) is 1.60. The first-order valence-electron chi connectivity index (χ1n) is 8.43.